The summed E-state index contributed by atoms with van der Waals surface area (Å²) in [5.41, 5.74) is 8.18. The number of rotatable bonds is 3. The first kappa shape index (κ1) is 16.1. The molecule has 3 aromatic rings. The highest BCUT2D eigenvalue weighted by Crippen LogP contribution is 2.29. The molecule has 2 unspecified atom stereocenters. The predicted octanol–water partition coefficient (Wildman–Crippen LogP) is 4.04. The molecular formula is C20H18ClN3O. The van der Waals surface area contributed by atoms with Gasteiger partial charge in [-0.1, -0.05) is 66.2 Å². The topological polar surface area (TPSA) is 53.2 Å². The monoisotopic (exact) mass is 351 g/mol. The second-order valence-corrected chi connectivity index (χ2v) is 6.57. The van der Waals surface area contributed by atoms with Crippen LogP contribution in [0.3, 0.4) is 0 Å². The van der Waals surface area contributed by atoms with Gasteiger partial charge in [0.1, 0.15) is 6.04 Å². The van der Waals surface area contributed by atoms with Crippen LogP contribution in [-0.4, -0.2) is 11.9 Å². The molecule has 5 heteroatoms. The van der Waals surface area contributed by atoms with E-state index in [1.54, 1.807) is 12.1 Å². The second kappa shape index (κ2) is 6.84. The molecule has 1 aliphatic rings. The maximum absolute atomic E-state index is 12.5. The summed E-state index contributed by atoms with van der Waals surface area (Å²) in [5.74, 6) is -0.0941. The Bertz CT molecular complexity index is 922. The molecule has 0 aromatic heterocycles. The summed E-state index contributed by atoms with van der Waals surface area (Å²) >= 11 is 6.11. The minimum Gasteiger partial charge on any atom is -0.323 e. The van der Waals surface area contributed by atoms with E-state index in [4.69, 9.17) is 11.6 Å². The largest absolute Gasteiger partial charge is 0.323 e. The lowest BCUT2D eigenvalue weighted by Gasteiger charge is -2.13. The standard InChI is InChI=1S/C20H18ClN3O/c21-16-10-3-4-11-17(16)22-20(25)19-12-18(23-24-19)15-9-5-7-13-6-1-2-8-14(13)15/h1-11,18-19,23-24H,12H2,(H,22,25). The molecule has 1 aliphatic heterocycles. The van der Waals surface area contributed by atoms with Gasteiger partial charge in [0.2, 0.25) is 5.91 Å². The van der Waals surface area contributed by atoms with Crippen LogP contribution in [0.15, 0.2) is 66.7 Å². The average molecular weight is 352 g/mol. The van der Waals surface area contributed by atoms with E-state index in [-0.39, 0.29) is 18.0 Å². The first-order valence-corrected chi connectivity index (χ1v) is 8.64. The van der Waals surface area contributed by atoms with Gasteiger partial charge in [0, 0.05) is 6.04 Å². The van der Waals surface area contributed by atoms with Crippen LogP contribution in [0.4, 0.5) is 5.69 Å². The van der Waals surface area contributed by atoms with E-state index in [0.717, 1.165) is 0 Å². The third-order valence-electron chi connectivity index (χ3n) is 4.55. The number of anilines is 1. The van der Waals surface area contributed by atoms with Gasteiger partial charge in [0.25, 0.3) is 0 Å². The predicted molar refractivity (Wildman–Crippen MR) is 101 cm³/mol. The average Bonchev–Trinajstić information content (AvgIpc) is 3.13. The molecule has 3 N–H and O–H groups in total. The number of hydrogen-bond acceptors (Lipinski definition) is 3. The first-order chi connectivity index (χ1) is 12.2. The molecule has 1 saturated heterocycles. The van der Waals surface area contributed by atoms with Crippen molar-refractivity contribution in [1.29, 1.82) is 0 Å². The van der Waals surface area contributed by atoms with Gasteiger partial charge in [0.15, 0.2) is 0 Å². The summed E-state index contributed by atoms with van der Waals surface area (Å²) in [4.78, 5) is 12.5. The van der Waals surface area contributed by atoms with Crippen LogP contribution >= 0.6 is 11.6 Å². The van der Waals surface area contributed by atoms with Gasteiger partial charge >= 0.3 is 0 Å². The van der Waals surface area contributed by atoms with Crippen molar-refractivity contribution in [3.8, 4) is 0 Å². The van der Waals surface area contributed by atoms with Gasteiger partial charge in [-0.25, -0.2) is 10.9 Å². The number of benzene rings is 3. The molecule has 4 rings (SSSR count). The van der Waals surface area contributed by atoms with E-state index < -0.39 is 0 Å². The van der Waals surface area contributed by atoms with Crippen molar-refractivity contribution >= 4 is 34.0 Å². The van der Waals surface area contributed by atoms with Crippen LogP contribution in [0, 0.1) is 0 Å². The zero-order chi connectivity index (χ0) is 17.2. The van der Waals surface area contributed by atoms with Crippen LogP contribution in [0.2, 0.25) is 5.02 Å². The molecule has 0 saturated carbocycles. The van der Waals surface area contributed by atoms with E-state index in [0.29, 0.717) is 17.1 Å². The molecule has 4 nitrogen and oxygen atoms in total. The Morgan fingerprint density at radius 1 is 0.960 bits per heavy atom. The number of carbonyl (C=O) groups excluding carboxylic acids is 1. The lowest BCUT2D eigenvalue weighted by molar-refractivity contribution is -0.117. The molecule has 1 fully saturated rings. The molecule has 0 spiro atoms. The Labute approximate surface area is 151 Å². The minimum atomic E-state index is -0.319. The van der Waals surface area contributed by atoms with Gasteiger partial charge in [-0.15, -0.1) is 0 Å². The Morgan fingerprint density at radius 2 is 1.72 bits per heavy atom. The molecule has 0 radical (unpaired) electrons. The smallest absolute Gasteiger partial charge is 0.242 e. The van der Waals surface area contributed by atoms with Gasteiger partial charge in [-0.05, 0) is 34.9 Å². The number of halogens is 1. The summed E-state index contributed by atoms with van der Waals surface area (Å²) in [6, 6.07) is 21.5. The summed E-state index contributed by atoms with van der Waals surface area (Å²) in [7, 11) is 0. The Kier molecular flexibility index (Phi) is 4.40. The van der Waals surface area contributed by atoms with Crippen molar-refractivity contribution in [2.75, 3.05) is 5.32 Å². The fourth-order valence-corrected chi connectivity index (χ4v) is 3.45. The highest BCUT2D eigenvalue weighted by molar-refractivity contribution is 6.33. The Hall–Kier alpha value is -2.40. The molecular weight excluding hydrogens is 334 g/mol. The lowest BCUT2D eigenvalue weighted by atomic mass is 9.96. The zero-order valence-electron chi connectivity index (χ0n) is 13.5. The van der Waals surface area contributed by atoms with Crippen molar-refractivity contribution in [1.82, 2.24) is 10.9 Å². The number of nitrogens with one attached hydrogen (secondary N) is 3. The van der Waals surface area contributed by atoms with E-state index in [2.05, 4.69) is 46.5 Å². The number of para-hydroxylation sites is 1. The normalized spacial score (nSPS) is 19.9. The van der Waals surface area contributed by atoms with E-state index >= 15 is 0 Å². The minimum absolute atomic E-state index is 0.0769. The number of carbonyl (C=O) groups is 1. The van der Waals surface area contributed by atoms with E-state index in [9.17, 15) is 4.79 Å². The van der Waals surface area contributed by atoms with Crippen molar-refractivity contribution in [3.63, 3.8) is 0 Å². The van der Waals surface area contributed by atoms with Gasteiger partial charge < -0.3 is 5.32 Å². The van der Waals surface area contributed by atoms with Crippen LogP contribution in [0.1, 0.15) is 18.0 Å². The van der Waals surface area contributed by atoms with Crippen LogP contribution in [-0.2, 0) is 4.79 Å². The molecule has 1 heterocycles. The molecule has 126 valence electrons. The fraction of sp³-hybridized carbons (Fsp3) is 0.150. The summed E-state index contributed by atoms with van der Waals surface area (Å²) in [6.45, 7) is 0. The maximum atomic E-state index is 12.5. The molecule has 0 bridgehead atoms. The Balaban J connectivity index is 1.51. The number of hydrogen-bond donors (Lipinski definition) is 3. The van der Waals surface area contributed by atoms with Crippen LogP contribution < -0.4 is 16.2 Å². The summed E-state index contributed by atoms with van der Waals surface area (Å²) in [5, 5.41) is 5.83. The molecule has 3 aromatic carbocycles. The van der Waals surface area contributed by atoms with Gasteiger partial charge in [-0.2, -0.15) is 0 Å². The van der Waals surface area contributed by atoms with Gasteiger partial charge in [0.05, 0.1) is 10.7 Å². The number of amides is 1. The molecule has 1 amide bonds. The highest BCUT2D eigenvalue weighted by Gasteiger charge is 2.31. The zero-order valence-corrected chi connectivity index (χ0v) is 14.3. The van der Waals surface area contributed by atoms with Crippen molar-refractivity contribution < 1.29 is 4.79 Å². The molecule has 0 aliphatic carbocycles. The number of fused-ring (bicyclic) bond motifs is 1. The Morgan fingerprint density at radius 3 is 2.60 bits per heavy atom. The molecule has 25 heavy (non-hydrogen) atoms. The molecule has 2 atom stereocenters. The fourth-order valence-electron chi connectivity index (χ4n) is 3.27. The van der Waals surface area contributed by atoms with Crippen molar-refractivity contribution in [2.24, 2.45) is 0 Å². The van der Waals surface area contributed by atoms with Crippen LogP contribution in [0.5, 0.6) is 0 Å². The first-order valence-electron chi connectivity index (χ1n) is 8.26. The van der Waals surface area contributed by atoms with Crippen molar-refractivity contribution in [3.05, 3.63) is 77.3 Å². The van der Waals surface area contributed by atoms with Crippen molar-refractivity contribution in [2.45, 2.75) is 18.5 Å². The second-order valence-electron chi connectivity index (χ2n) is 6.17. The quantitative estimate of drug-likeness (QED) is 0.667. The highest BCUT2D eigenvalue weighted by atomic mass is 35.5. The SMILES string of the molecule is O=C(Nc1ccccc1Cl)C1CC(c2cccc3ccccc23)NN1. The third-order valence-corrected chi connectivity index (χ3v) is 4.88. The number of hydrazine groups is 1. The van der Waals surface area contributed by atoms with Crippen LogP contribution in [0.25, 0.3) is 10.8 Å². The van der Waals surface area contributed by atoms with E-state index in [1.807, 2.05) is 24.3 Å². The van der Waals surface area contributed by atoms with Gasteiger partial charge in [-0.3, -0.25) is 4.79 Å². The summed E-state index contributed by atoms with van der Waals surface area (Å²) < 4.78 is 0. The lowest BCUT2D eigenvalue weighted by Crippen LogP contribution is -2.39. The summed E-state index contributed by atoms with van der Waals surface area (Å²) in [6.07, 6.45) is 0.671. The maximum Gasteiger partial charge on any atom is 0.242 e. The van der Waals surface area contributed by atoms with E-state index in [1.165, 1.54) is 16.3 Å². The third kappa shape index (κ3) is 3.24.